The lowest BCUT2D eigenvalue weighted by atomic mass is 10.2. The maximum Gasteiger partial charge on any atom is 0.147 e. The molecule has 0 saturated carbocycles. The molecule has 3 heterocycles. The van der Waals surface area contributed by atoms with Gasteiger partial charge in [-0.1, -0.05) is 0 Å². The van der Waals surface area contributed by atoms with E-state index in [0.717, 1.165) is 36.9 Å². The van der Waals surface area contributed by atoms with Gasteiger partial charge in [-0.3, -0.25) is 0 Å². The van der Waals surface area contributed by atoms with Crippen molar-refractivity contribution in [2.75, 3.05) is 0 Å². The van der Waals surface area contributed by atoms with Crippen LogP contribution in [0.1, 0.15) is 30.2 Å². The Bertz CT molecular complexity index is 507. The summed E-state index contributed by atoms with van der Waals surface area (Å²) >= 11 is 0. The fourth-order valence-electron chi connectivity index (χ4n) is 2.23. The molecule has 0 amide bonds. The molecule has 2 aromatic heterocycles. The Labute approximate surface area is 105 Å². The second-order valence-electron chi connectivity index (χ2n) is 4.46. The van der Waals surface area contributed by atoms with Gasteiger partial charge in [0.15, 0.2) is 0 Å². The number of aryl methyl sites for hydroxylation is 1. The van der Waals surface area contributed by atoms with Crippen LogP contribution in [0.4, 0.5) is 0 Å². The molecule has 6 heteroatoms. The Morgan fingerprint density at radius 1 is 1.17 bits per heavy atom. The molecular formula is C12H16N6. The van der Waals surface area contributed by atoms with E-state index in [2.05, 4.69) is 30.3 Å². The summed E-state index contributed by atoms with van der Waals surface area (Å²) in [4.78, 5) is 0. The quantitative estimate of drug-likeness (QED) is 0.857. The Morgan fingerprint density at radius 3 is 3.06 bits per heavy atom. The normalized spacial score (nSPS) is 14.4. The minimum absolute atomic E-state index is 0.704. The summed E-state index contributed by atoms with van der Waals surface area (Å²) in [6, 6.07) is 3.85. The third-order valence-electron chi connectivity index (χ3n) is 3.15. The molecule has 0 unspecified atom stereocenters. The summed E-state index contributed by atoms with van der Waals surface area (Å²) in [5.41, 5.74) is 0.941. The van der Waals surface area contributed by atoms with Gasteiger partial charge in [0.1, 0.15) is 11.6 Å². The SMILES string of the molecule is c1cnnc(CNCc2nnc3n2CCCC3)c1. The lowest BCUT2D eigenvalue weighted by Crippen LogP contribution is -2.20. The van der Waals surface area contributed by atoms with Crippen molar-refractivity contribution >= 4 is 0 Å². The van der Waals surface area contributed by atoms with E-state index in [9.17, 15) is 0 Å². The van der Waals surface area contributed by atoms with Crippen LogP contribution in [0, 0.1) is 0 Å². The summed E-state index contributed by atoms with van der Waals surface area (Å²) in [6.07, 6.45) is 5.18. The molecule has 0 aliphatic carbocycles. The zero-order valence-corrected chi connectivity index (χ0v) is 10.2. The zero-order valence-electron chi connectivity index (χ0n) is 10.2. The van der Waals surface area contributed by atoms with E-state index >= 15 is 0 Å². The highest BCUT2D eigenvalue weighted by molar-refractivity contribution is 5.01. The van der Waals surface area contributed by atoms with Gasteiger partial charge in [-0.15, -0.1) is 10.2 Å². The van der Waals surface area contributed by atoms with Crippen molar-refractivity contribution in [3.63, 3.8) is 0 Å². The monoisotopic (exact) mass is 244 g/mol. The van der Waals surface area contributed by atoms with Crippen LogP contribution in [-0.4, -0.2) is 25.0 Å². The fourth-order valence-corrected chi connectivity index (χ4v) is 2.23. The summed E-state index contributed by atoms with van der Waals surface area (Å²) in [6.45, 7) is 2.48. The third kappa shape index (κ3) is 2.38. The van der Waals surface area contributed by atoms with E-state index in [0.29, 0.717) is 6.54 Å². The fraction of sp³-hybridized carbons (Fsp3) is 0.500. The Morgan fingerprint density at radius 2 is 2.17 bits per heavy atom. The van der Waals surface area contributed by atoms with Crippen molar-refractivity contribution in [1.82, 2.24) is 30.3 Å². The van der Waals surface area contributed by atoms with Crippen LogP contribution in [0.5, 0.6) is 0 Å². The van der Waals surface area contributed by atoms with Crippen molar-refractivity contribution in [3.8, 4) is 0 Å². The van der Waals surface area contributed by atoms with Crippen molar-refractivity contribution < 1.29 is 0 Å². The number of rotatable bonds is 4. The maximum absolute atomic E-state index is 4.24. The summed E-state index contributed by atoms with van der Waals surface area (Å²) in [5.74, 6) is 2.14. The molecular weight excluding hydrogens is 228 g/mol. The number of nitrogens with zero attached hydrogens (tertiary/aromatic N) is 5. The van der Waals surface area contributed by atoms with Gasteiger partial charge >= 0.3 is 0 Å². The molecule has 1 N–H and O–H groups in total. The van der Waals surface area contributed by atoms with Crippen LogP contribution in [0.15, 0.2) is 18.3 Å². The van der Waals surface area contributed by atoms with Gasteiger partial charge in [-0.05, 0) is 25.0 Å². The van der Waals surface area contributed by atoms with Crippen LogP contribution in [0.2, 0.25) is 0 Å². The van der Waals surface area contributed by atoms with Crippen LogP contribution in [-0.2, 0) is 26.1 Å². The van der Waals surface area contributed by atoms with E-state index in [4.69, 9.17) is 0 Å². The maximum atomic E-state index is 4.24. The molecule has 94 valence electrons. The van der Waals surface area contributed by atoms with Gasteiger partial charge in [0.25, 0.3) is 0 Å². The van der Waals surface area contributed by atoms with Gasteiger partial charge in [0.2, 0.25) is 0 Å². The van der Waals surface area contributed by atoms with Gasteiger partial charge in [0.05, 0.1) is 12.2 Å². The highest BCUT2D eigenvalue weighted by atomic mass is 15.3. The first-order chi connectivity index (χ1) is 8.93. The molecule has 0 spiro atoms. The molecule has 0 bridgehead atoms. The highest BCUT2D eigenvalue weighted by Gasteiger charge is 2.14. The van der Waals surface area contributed by atoms with Gasteiger partial charge < -0.3 is 9.88 Å². The average Bonchev–Trinajstić information content (AvgIpc) is 2.84. The highest BCUT2D eigenvalue weighted by Crippen LogP contribution is 2.13. The molecule has 1 aliphatic rings. The number of hydrogen-bond acceptors (Lipinski definition) is 5. The summed E-state index contributed by atoms with van der Waals surface area (Å²) < 4.78 is 2.23. The largest absolute Gasteiger partial charge is 0.314 e. The Hall–Kier alpha value is -1.82. The lowest BCUT2D eigenvalue weighted by molar-refractivity contribution is 0.496. The van der Waals surface area contributed by atoms with Crippen LogP contribution < -0.4 is 5.32 Å². The number of hydrogen-bond donors (Lipinski definition) is 1. The predicted octanol–water partition coefficient (Wildman–Crippen LogP) is 0.694. The molecule has 6 nitrogen and oxygen atoms in total. The second-order valence-corrected chi connectivity index (χ2v) is 4.46. The smallest absolute Gasteiger partial charge is 0.147 e. The molecule has 0 atom stereocenters. The number of fused-ring (bicyclic) bond motifs is 1. The van der Waals surface area contributed by atoms with Crippen molar-refractivity contribution in [2.45, 2.75) is 38.9 Å². The topological polar surface area (TPSA) is 68.5 Å². The van der Waals surface area contributed by atoms with Crippen molar-refractivity contribution in [2.24, 2.45) is 0 Å². The summed E-state index contributed by atoms with van der Waals surface area (Å²) in [7, 11) is 0. The molecule has 0 fully saturated rings. The molecule has 0 saturated heterocycles. The van der Waals surface area contributed by atoms with Crippen molar-refractivity contribution in [1.29, 1.82) is 0 Å². The summed E-state index contributed by atoms with van der Waals surface area (Å²) in [5, 5.41) is 19.7. The van der Waals surface area contributed by atoms with Gasteiger partial charge in [-0.25, -0.2) is 0 Å². The molecule has 3 rings (SSSR count). The Balaban J connectivity index is 1.59. The number of nitrogens with one attached hydrogen (secondary N) is 1. The van der Waals surface area contributed by atoms with E-state index in [1.54, 1.807) is 6.20 Å². The standard InChI is InChI=1S/C12H16N6/c1-2-7-18-11(5-1)16-17-12(18)9-13-8-10-4-3-6-14-15-10/h3-4,6,13H,1-2,5,7-9H2. The minimum atomic E-state index is 0.704. The van der Waals surface area contributed by atoms with Gasteiger partial charge in [0, 0.05) is 25.7 Å². The molecule has 0 radical (unpaired) electrons. The predicted molar refractivity (Wildman–Crippen MR) is 65.5 cm³/mol. The number of aromatic nitrogens is 5. The molecule has 2 aromatic rings. The van der Waals surface area contributed by atoms with E-state index in [1.165, 1.54) is 12.8 Å². The first-order valence-corrected chi connectivity index (χ1v) is 6.32. The molecule has 18 heavy (non-hydrogen) atoms. The van der Waals surface area contributed by atoms with E-state index < -0.39 is 0 Å². The first-order valence-electron chi connectivity index (χ1n) is 6.32. The minimum Gasteiger partial charge on any atom is -0.314 e. The van der Waals surface area contributed by atoms with Crippen molar-refractivity contribution in [3.05, 3.63) is 35.7 Å². The molecule has 1 aliphatic heterocycles. The molecule has 0 aromatic carbocycles. The van der Waals surface area contributed by atoms with Crippen LogP contribution in [0.25, 0.3) is 0 Å². The van der Waals surface area contributed by atoms with E-state index in [1.807, 2.05) is 12.1 Å². The second kappa shape index (κ2) is 5.22. The van der Waals surface area contributed by atoms with Crippen LogP contribution in [0.3, 0.4) is 0 Å². The third-order valence-corrected chi connectivity index (χ3v) is 3.15. The first kappa shape index (κ1) is 11.3. The van der Waals surface area contributed by atoms with E-state index in [-0.39, 0.29) is 0 Å². The zero-order chi connectivity index (χ0) is 12.2. The van der Waals surface area contributed by atoms with Gasteiger partial charge in [-0.2, -0.15) is 10.2 Å². The average molecular weight is 244 g/mol. The lowest BCUT2D eigenvalue weighted by Gasteiger charge is -2.14. The Kier molecular flexibility index (Phi) is 3.27. The van der Waals surface area contributed by atoms with Crippen LogP contribution >= 0.6 is 0 Å².